The van der Waals surface area contributed by atoms with Crippen LogP contribution in [0.3, 0.4) is 0 Å². The van der Waals surface area contributed by atoms with Crippen molar-refractivity contribution in [1.29, 1.82) is 0 Å². The fourth-order valence-electron chi connectivity index (χ4n) is 4.00. The van der Waals surface area contributed by atoms with Gasteiger partial charge in [0.15, 0.2) is 0 Å². The molecule has 3 rings (SSSR count). The lowest BCUT2D eigenvalue weighted by Crippen LogP contribution is -2.23. The first-order chi connectivity index (χ1) is 16.4. The number of ether oxygens (including phenoxy) is 1. The van der Waals surface area contributed by atoms with Crippen LogP contribution in [0.25, 0.3) is 0 Å². The number of esters is 1. The standard InChI is InChI=1S/C26H34N2O4S2/c1-4-5-15-22(29)27-18-11-10-12-19(16-18)33-17(2)24(30)28-25-23(26(31)32-3)20-13-8-6-7-9-14-21(20)34-25/h10-12,16-17H,4-9,13-15H2,1-3H3,(H,27,29)(H,28,30). The fraction of sp³-hybridized carbons (Fsp3) is 0.500. The Morgan fingerprint density at radius 2 is 1.88 bits per heavy atom. The molecule has 0 radical (unpaired) electrons. The molecule has 0 saturated carbocycles. The SMILES string of the molecule is CCCCC(=O)Nc1cccc(SC(C)C(=O)Nc2sc3c(c2C(=O)OC)CCCCCC3)c1. The maximum absolute atomic E-state index is 13.1. The molecule has 0 bridgehead atoms. The zero-order valence-corrected chi connectivity index (χ0v) is 21.8. The number of rotatable bonds is 9. The summed E-state index contributed by atoms with van der Waals surface area (Å²) in [6.07, 6.45) is 8.59. The van der Waals surface area contributed by atoms with Gasteiger partial charge in [0.2, 0.25) is 11.8 Å². The van der Waals surface area contributed by atoms with E-state index in [0.717, 1.165) is 61.1 Å². The van der Waals surface area contributed by atoms with Crippen molar-refractivity contribution in [1.82, 2.24) is 0 Å². The Balaban J connectivity index is 1.70. The second kappa shape index (κ2) is 13.0. The molecule has 2 amide bonds. The number of aryl methyl sites for hydroxylation is 1. The number of amides is 2. The molecule has 0 spiro atoms. The molecule has 1 aliphatic carbocycles. The molecule has 2 N–H and O–H groups in total. The van der Waals surface area contributed by atoms with Gasteiger partial charge in [0.05, 0.1) is 17.9 Å². The molecule has 8 heteroatoms. The van der Waals surface area contributed by atoms with E-state index in [2.05, 4.69) is 17.6 Å². The monoisotopic (exact) mass is 502 g/mol. The highest BCUT2D eigenvalue weighted by Gasteiger charge is 2.27. The number of unbranched alkanes of at least 4 members (excludes halogenated alkanes) is 1. The van der Waals surface area contributed by atoms with Crippen molar-refractivity contribution >= 4 is 51.6 Å². The number of thiophene rings is 1. The number of thioether (sulfide) groups is 1. The number of nitrogens with one attached hydrogen (secondary N) is 2. The maximum Gasteiger partial charge on any atom is 0.341 e. The average Bonchev–Trinajstić information content (AvgIpc) is 3.13. The number of hydrogen-bond donors (Lipinski definition) is 2. The number of carbonyl (C=O) groups excluding carboxylic acids is 3. The number of methoxy groups -OCH3 is 1. The number of carbonyl (C=O) groups is 3. The molecular formula is C26H34N2O4S2. The van der Waals surface area contributed by atoms with Crippen molar-refractivity contribution in [2.45, 2.75) is 81.8 Å². The highest BCUT2D eigenvalue weighted by molar-refractivity contribution is 8.00. The first-order valence-corrected chi connectivity index (χ1v) is 13.7. The van der Waals surface area contributed by atoms with E-state index in [-0.39, 0.29) is 23.0 Å². The quantitative estimate of drug-likeness (QED) is 0.304. The predicted octanol–water partition coefficient (Wildman–Crippen LogP) is 6.44. The third-order valence-electron chi connectivity index (χ3n) is 5.85. The van der Waals surface area contributed by atoms with Crippen LogP contribution in [-0.2, 0) is 27.2 Å². The van der Waals surface area contributed by atoms with Crippen molar-refractivity contribution in [2.75, 3.05) is 17.7 Å². The molecule has 1 heterocycles. The third kappa shape index (κ3) is 7.09. The van der Waals surface area contributed by atoms with Crippen molar-refractivity contribution < 1.29 is 19.1 Å². The highest BCUT2D eigenvalue weighted by atomic mass is 32.2. The van der Waals surface area contributed by atoms with Gasteiger partial charge >= 0.3 is 5.97 Å². The van der Waals surface area contributed by atoms with Crippen LogP contribution in [0.1, 0.15) is 79.6 Å². The van der Waals surface area contributed by atoms with Crippen LogP contribution in [0, 0.1) is 0 Å². The van der Waals surface area contributed by atoms with E-state index in [1.165, 1.54) is 41.5 Å². The van der Waals surface area contributed by atoms with Crippen LogP contribution >= 0.6 is 23.1 Å². The Hall–Kier alpha value is -2.32. The van der Waals surface area contributed by atoms with Crippen molar-refractivity contribution in [3.63, 3.8) is 0 Å². The molecule has 2 aromatic rings. The van der Waals surface area contributed by atoms with E-state index in [1.54, 1.807) is 0 Å². The summed E-state index contributed by atoms with van der Waals surface area (Å²) >= 11 is 2.92. The Kier molecular flexibility index (Phi) is 10.0. The lowest BCUT2D eigenvalue weighted by Gasteiger charge is -2.13. The molecule has 1 unspecified atom stereocenters. The van der Waals surface area contributed by atoms with Crippen LogP contribution in [0.4, 0.5) is 10.7 Å². The van der Waals surface area contributed by atoms with Gasteiger partial charge in [-0.25, -0.2) is 4.79 Å². The maximum atomic E-state index is 13.1. The Morgan fingerprint density at radius 1 is 1.12 bits per heavy atom. The van der Waals surface area contributed by atoms with Gasteiger partial charge in [-0.05, 0) is 62.8 Å². The molecule has 0 fully saturated rings. The second-order valence-electron chi connectivity index (χ2n) is 8.54. The smallest absolute Gasteiger partial charge is 0.341 e. The minimum absolute atomic E-state index is 0.00149. The molecular weight excluding hydrogens is 468 g/mol. The number of fused-ring (bicyclic) bond motifs is 1. The van der Waals surface area contributed by atoms with Crippen molar-refractivity contribution in [3.05, 3.63) is 40.3 Å². The molecule has 6 nitrogen and oxygen atoms in total. The van der Waals surface area contributed by atoms with Gasteiger partial charge in [0.25, 0.3) is 0 Å². The lowest BCUT2D eigenvalue weighted by atomic mass is 9.96. The van der Waals surface area contributed by atoms with Crippen LogP contribution in [-0.4, -0.2) is 30.1 Å². The molecule has 184 valence electrons. The average molecular weight is 503 g/mol. The van der Waals surface area contributed by atoms with E-state index in [9.17, 15) is 14.4 Å². The van der Waals surface area contributed by atoms with E-state index >= 15 is 0 Å². The lowest BCUT2D eigenvalue weighted by molar-refractivity contribution is -0.116. The summed E-state index contributed by atoms with van der Waals surface area (Å²) in [7, 11) is 1.38. The summed E-state index contributed by atoms with van der Waals surface area (Å²) in [6.45, 7) is 3.90. The van der Waals surface area contributed by atoms with Gasteiger partial charge in [-0.15, -0.1) is 23.1 Å². The predicted molar refractivity (Wildman–Crippen MR) is 140 cm³/mol. The summed E-state index contributed by atoms with van der Waals surface area (Å²) in [5.41, 5.74) is 2.29. The van der Waals surface area contributed by atoms with Gasteiger partial charge < -0.3 is 15.4 Å². The number of benzene rings is 1. The number of hydrogen-bond acceptors (Lipinski definition) is 6. The van der Waals surface area contributed by atoms with Crippen molar-refractivity contribution in [2.24, 2.45) is 0 Å². The Labute approximate surface area is 210 Å². The minimum Gasteiger partial charge on any atom is -0.465 e. The third-order valence-corrected chi connectivity index (χ3v) is 8.16. The van der Waals surface area contributed by atoms with Gasteiger partial charge in [-0.2, -0.15) is 0 Å². The van der Waals surface area contributed by atoms with E-state index in [4.69, 9.17) is 4.74 Å². The summed E-state index contributed by atoms with van der Waals surface area (Å²) in [5.74, 6) is -0.555. The number of anilines is 2. The summed E-state index contributed by atoms with van der Waals surface area (Å²) < 4.78 is 5.06. The van der Waals surface area contributed by atoms with Crippen LogP contribution in [0.2, 0.25) is 0 Å². The molecule has 34 heavy (non-hydrogen) atoms. The molecule has 0 aliphatic heterocycles. The molecule has 1 aromatic carbocycles. The van der Waals surface area contributed by atoms with Crippen LogP contribution in [0.5, 0.6) is 0 Å². The second-order valence-corrected chi connectivity index (χ2v) is 11.1. The summed E-state index contributed by atoms with van der Waals surface area (Å²) in [4.78, 5) is 39.8. The Bertz CT molecular complexity index is 1020. The Morgan fingerprint density at radius 3 is 2.62 bits per heavy atom. The molecule has 1 aromatic heterocycles. The normalized spacial score (nSPS) is 14.3. The summed E-state index contributed by atoms with van der Waals surface area (Å²) in [5, 5.41) is 6.13. The van der Waals surface area contributed by atoms with Crippen LogP contribution < -0.4 is 10.6 Å². The summed E-state index contributed by atoms with van der Waals surface area (Å²) in [6, 6.07) is 7.53. The van der Waals surface area contributed by atoms with Gasteiger partial charge in [0.1, 0.15) is 5.00 Å². The fourth-order valence-corrected chi connectivity index (χ4v) is 6.21. The first kappa shape index (κ1) is 26.3. The van der Waals surface area contributed by atoms with Gasteiger partial charge in [-0.1, -0.05) is 32.3 Å². The van der Waals surface area contributed by atoms with E-state index in [0.29, 0.717) is 17.0 Å². The van der Waals surface area contributed by atoms with Crippen molar-refractivity contribution in [3.8, 4) is 0 Å². The van der Waals surface area contributed by atoms with Gasteiger partial charge in [-0.3, -0.25) is 9.59 Å². The van der Waals surface area contributed by atoms with E-state index < -0.39 is 0 Å². The zero-order chi connectivity index (χ0) is 24.5. The molecule has 0 saturated heterocycles. The largest absolute Gasteiger partial charge is 0.465 e. The topological polar surface area (TPSA) is 84.5 Å². The van der Waals surface area contributed by atoms with E-state index in [1.807, 2.05) is 31.2 Å². The highest BCUT2D eigenvalue weighted by Crippen LogP contribution is 2.38. The molecule has 1 atom stereocenters. The minimum atomic E-state index is -0.389. The first-order valence-electron chi connectivity index (χ1n) is 12.0. The van der Waals surface area contributed by atoms with Gasteiger partial charge in [0, 0.05) is 21.9 Å². The molecule has 1 aliphatic rings. The van der Waals surface area contributed by atoms with Crippen LogP contribution in [0.15, 0.2) is 29.2 Å². The zero-order valence-electron chi connectivity index (χ0n) is 20.2.